The lowest BCUT2D eigenvalue weighted by Gasteiger charge is -2.38. The van der Waals surface area contributed by atoms with Gasteiger partial charge in [0.15, 0.2) is 0 Å². The molecule has 0 bridgehead atoms. The predicted octanol–water partition coefficient (Wildman–Crippen LogP) is 2.56. The Hall–Kier alpha value is -1.26. The first-order valence-corrected chi connectivity index (χ1v) is 7.37. The molecule has 1 saturated heterocycles. The Morgan fingerprint density at radius 3 is 2.63 bits per heavy atom. The molecule has 5 heteroatoms. The number of carbonyl (C=O) groups excluding carboxylic acids is 1. The first kappa shape index (κ1) is 15.8. The molecule has 1 aliphatic rings. The molecule has 0 aromatic rings. The van der Waals surface area contributed by atoms with Gasteiger partial charge in [-0.05, 0) is 39.0 Å². The van der Waals surface area contributed by atoms with Crippen molar-refractivity contribution in [2.24, 2.45) is 0 Å². The summed E-state index contributed by atoms with van der Waals surface area (Å²) >= 11 is 0. The normalized spacial score (nSPS) is 19.3. The summed E-state index contributed by atoms with van der Waals surface area (Å²) in [6.45, 7) is 6.31. The first-order valence-electron chi connectivity index (χ1n) is 7.37. The van der Waals surface area contributed by atoms with E-state index in [1.165, 1.54) is 0 Å². The van der Waals surface area contributed by atoms with Crippen LogP contribution in [0.4, 0.5) is 4.79 Å². The Balaban J connectivity index is 2.63. The van der Waals surface area contributed by atoms with Gasteiger partial charge in [0.05, 0.1) is 0 Å². The molecule has 0 aromatic heterocycles. The number of likely N-dealkylation sites (tertiary alicyclic amines) is 1. The average molecular weight is 270 g/mol. The minimum Gasteiger partial charge on any atom is -0.481 e. The molecule has 1 fully saturated rings. The zero-order valence-corrected chi connectivity index (χ0v) is 12.1. The Morgan fingerprint density at radius 1 is 1.32 bits per heavy atom. The van der Waals surface area contributed by atoms with Crippen LogP contribution in [0, 0.1) is 0 Å². The van der Waals surface area contributed by atoms with Gasteiger partial charge in [0, 0.05) is 32.1 Å². The van der Waals surface area contributed by atoms with Crippen molar-refractivity contribution in [3.63, 3.8) is 0 Å². The summed E-state index contributed by atoms with van der Waals surface area (Å²) in [5.74, 6) is -0.779. The van der Waals surface area contributed by atoms with Crippen molar-refractivity contribution >= 4 is 12.0 Å². The van der Waals surface area contributed by atoms with Gasteiger partial charge in [0.2, 0.25) is 0 Å². The van der Waals surface area contributed by atoms with Crippen LogP contribution in [0.15, 0.2) is 0 Å². The second-order valence-electron chi connectivity index (χ2n) is 5.14. The lowest BCUT2D eigenvalue weighted by molar-refractivity contribution is -0.137. The minimum absolute atomic E-state index is 0.0828. The fraction of sp³-hybridized carbons (Fsp3) is 0.857. The highest BCUT2D eigenvalue weighted by Gasteiger charge is 2.29. The maximum atomic E-state index is 12.5. The van der Waals surface area contributed by atoms with Crippen LogP contribution in [0.1, 0.15) is 52.4 Å². The summed E-state index contributed by atoms with van der Waals surface area (Å²) in [7, 11) is 0. The number of rotatable bonds is 6. The molecule has 110 valence electrons. The second kappa shape index (κ2) is 8.02. The van der Waals surface area contributed by atoms with Crippen LogP contribution in [0.25, 0.3) is 0 Å². The fourth-order valence-corrected chi connectivity index (χ4v) is 2.68. The maximum Gasteiger partial charge on any atom is 0.320 e. The van der Waals surface area contributed by atoms with Crippen LogP contribution in [0.5, 0.6) is 0 Å². The van der Waals surface area contributed by atoms with E-state index >= 15 is 0 Å². The number of piperidine rings is 1. The number of hydrogen-bond acceptors (Lipinski definition) is 2. The summed E-state index contributed by atoms with van der Waals surface area (Å²) in [6, 6.07) is 0.183. The number of carbonyl (C=O) groups is 2. The average Bonchev–Trinajstić information content (AvgIpc) is 2.42. The van der Waals surface area contributed by atoms with Crippen LogP contribution in [-0.4, -0.2) is 52.6 Å². The summed E-state index contributed by atoms with van der Waals surface area (Å²) in [4.78, 5) is 26.9. The van der Waals surface area contributed by atoms with Crippen molar-refractivity contribution in [1.82, 2.24) is 9.80 Å². The van der Waals surface area contributed by atoms with Crippen molar-refractivity contribution in [2.45, 2.75) is 58.4 Å². The van der Waals surface area contributed by atoms with Gasteiger partial charge in [-0.1, -0.05) is 6.92 Å². The summed E-state index contributed by atoms with van der Waals surface area (Å²) < 4.78 is 0. The molecule has 1 aliphatic heterocycles. The number of aliphatic carboxylic acids is 1. The van der Waals surface area contributed by atoms with E-state index < -0.39 is 5.97 Å². The number of carboxylic acid groups (broad SMARTS) is 1. The maximum absolute atomic E-state index is 12.5. The van der Waals surface area contributed by atoms with E-state index in [0.717, 1.165) is 45.3 Å². The summed E-state index contributed by atoms with van der Waals surface area (Å²) in [5, 5.41) is 8.79. The first-order chi connectivity index (χ1) is 9.10. The molecule has 0 aliphatic carbocycles. The SMILES string of the molecule is CCCN(CC)C(=O)N1CCCCC1CCC(=O)O. The second-order valence-corrected chi connectivity index (χ2v) is 5.14. The molecule has 0 radical (unpaired) electrons. The Bertz CT molecular complexity index is 307. The fourth-order valence-electron chi connectivity index (χ4n) is 2.68. The largest absolute Gasteiger partial charge is 0.481 e. The van der Waals surface area contributed by atoms with Crippen molar-refractivity contribution in [1.29, 1.82) is 0 Å². The van der Waals surface area contributed by atoms with Crippen molar-refractivity contribution in [2.75, 3.05) is 19.6 Å². The molecule has 19 heavy (non-hydrogen) atoms. The van der Waals surface area contributed by atoms with Gasteiger partial charge in [-0.15, -0.1) is 0 Å². The minimum atomic E-state index is -0.779. The quantitative estimate of drug-likeness (QED) is 0.807. The molecular formula is C14H26N2O3. The van der Waals surface area contributed by atoms with E-state index in [1.807, 2.05) is 16.7 Å². The Kier molecular flexibility index (Phi) is 6.67. The molecule has 5 nitrogen and oxygen atoms in total. The highest BCUT2D eigenvalue weighted by Crippen LogP contribution is 2.22. The number of carboxylic acids is 1. The van der Waals surface area contributed by atoms with Crippen LogP contribution in [0.2, 0.25) is 0 Å². The van der Waals surface area contributed by atoms with Crippen LogP contribution >= 0.6 is 0 Å². The van der Waals surface area contributed by atoms with Crippen LogP contribution < -0.4 is 0 Å². The molecule has 1 heterocycles. The van der Waals surface area contributed by atoms with Crippen molar-refractivity contribution < 1.29 is 14.7 Å². The highest BCUT2D eigenvalue weighted by atomic mass is 16.4. The van der Waals surface area contributed by atoms with E-state index in [9.17, 15) is 9.59 Å². The van der Waals surface area contributed by atoms with Gasteiger partial charge in [-0.2, -0.15) is 0 Å². The predicted molar refractivity (Wildman–Crippen MR) is 74.1 cm³/mol. The molecule has 0 saturated carbocycles. The van der Waals surface area contributed by atoms with Crippen LogP contribution in [-0.2, 0) is 4.79 Å². The number of hydrogen-bond donors (Lipinski definition) is 1. The van der Waals surface area contributed by atoms with Gasteiger partial charge in [-0.25, -0.2) is 4.79 Å². The molecule has 0 aromatic carbocycles. The zero-order valence-electron chi connectivity index (χ0n) is 12.1. The summed E-state index contributed by atoms with van der Waals surface area (Å²) in [6.07, 6.45) is 4.72. The van der Waals surface area contributed by atoms with Crippen molar-refractivity contribution in [3.05, 3.63) is 0 Å². The third-order valence-corrected chi connectivity index (χ3v) is 3.71. The molecule has 2 amide bonds. The van der Waals surface area contributed by atoms with Crippen LogP contribution in [0.3, 0.4) is 0 Å². The highest BCUT2D eigenvalue weighted by molar-refractivity contribution is 5.75. The van der Waals surface area contributed by atoms with Gasteiger partial charge in [0.1, 0.15) is 0 Å². The van der Waals surface area contributed by atoms with E-state index in [2.05, 4.69) is 6.92 Å². The molecular weight excluding hydrogens is 244 g/mol. The molecule has 1 N–H and O–H groups in total. The number of urea groups is 1. The van der Waals surface area contributed by atoms with Gasteiger partial charge in [-0.3, -0.25) is 4.79 Å². The third-order valence-electron chi connectivity index (χ3n) is 3.71. The molecule has 1 atom stereocenters. The summed E-state index contributed by atoms with van der Waals surface area (Å²) in [5.41, 5.74) is 0. The van der Waals surface area contributed by atoms with E-state index in [4.69, 9.17) is 5.11 Å². The lowest BCUT2D eigenvalue weighted by Crippen LogP contribution is -2.50. The lowest BCUT2D eigenvalue weighted by atomic mass is 9.98. The molecule has 0 spiro atoms. The smallest absolute Gasteiger partial charge is 0.320 e. The number of amides is 2. The Morgan fingerprint density at radius 2 is 2.05 bits per heavy atom. The topological polar surface area (TPSA) is 60.9 Å². The zero-order chi connectivity index (χ0) is 14.3. The molecule has 1 rings (SSSR count). The standard InChI is InChI=1S/C14H26N2O3/c1-3-10-15(4-2)14(19)16-11-6-5-7-12(16)8-9-13(17)18/h12H,3-11H2,1-2H3,(H,17,18). The molecule has 1 unspecified atom stereocenters. The van der Waals surface area contributed by atoms with E-state index in [1.54, 1.807) is 0 Å². The van der Waals surface area contributed by atoms with E-state index in [-0.39, 0.29) is 18.5 Å². The van der Waals surface area contributed by atoms with Gasteiger partial charge in [0.25, 0.3) is 0 Å². The third kappa shape index (κ3) is 4.73. The van der Waals surface area contributed by atoms with Crippen molar-refractivity contribution in [3.8, 4) is 0 Å². The monoisotopic (exact) mass is 270 g/mol. The Labute approximate surface area is 115 Å². The number of nitrogens with zero attached hydrogens (tertiary/aromatic N) is 2. The van der Waals surface area contributed by atoms with Gasteiger partial charge < -0.3 is 14.9 Å². The van der Waals surface area contributed by atoms with E-state index in [0.29, 0.717) is 6.42 Å². The van der Waals surface area contributed by atoms with Gasteiger partial charge >= 0.3 is 12.0 Å².